The summed E-state index contributed by atoms with van der Waals surface area (Å²) in [7, 11) is 0. The molecule has 0 amide bonds. The van der Waals surface area contributed by atoms with Crippen molar-refractivity contribution in [2.24, 2.45) is 33.7 Å². The van der Waals surface area contributed by atoms with E-state index in [1.807, 2.05) is 18.2 Å². The number of carbonyl (C=O) groups is 4. The average molecular weight is 609 g/mol. The van der Waals surface area contributed by atoms with Gasteiger partial charge in [0.25, 0.3) is 0 Å². The number of rotatable bonds is 14. The summed E-state index contributed by atoms with van der Waals surface area (Å²) in [5, 5.41) is 42.0. The van der Waals surface area contributed by atoms with E-state index < -0.39 is 36.0 Å². The second kappa shape index (κ2) is 25.0. The van der Waals surface area contributed by atoms with Crippen LogP contribution in [0, 0.1) is 0 Å². The molecule has 0 aromatic heterocycles. The quantitative estimate of drug-likeness (QED) is 0.0784. The van der Waals surface area contributed by atoms with Crippen LogP contribution >= 0.6 is 0 Å². The Kier molecular flexibility index (Phi) is 23.5. The molecule has 15 nitrogen and oxygen atoms in total. The Bertz CT molecular complexity index is 1100. The summed E-state index contributed by atoms with van der Waals surface area (Å²) >= 11 is 0. The fraction of sp³-hybridized carbons (Fsp3) is 0.393. The summed E-state index contributed by atoms with van der Waals surface area (Å²) in [6.07, 6.45) is 2.36. The molecule has 0 saturated carbocycles. The van der Waals surface area contributed by atoms with Gasteiger partial charge in [-0.25, -0.2) is 0 Å². The molecule has 2 rings (SSSR count). The minimum absolute atomic E-state index is 0.0129. The summed E-state index contributed by atoms with van der Waals surface area (Å²) in [5.41, 5.74) is 27.9. The van der Waals surface area contributed by atoms with Crippen LogP contribution in [0.1, 0.15) is 43.2 Å². The lowest BCUT2D eigenvalue weighted by Crippen LogP contribution is -2.30. The smallest absolute Gasteiger partial charge is 0.320 e. The lowest BCUT2D eigenvalue weighted by Gasteiger charge is -2.03. The number of benzene rings is 2. The molecule has 2 atom stereocenters. The molecule has 0 radical (unpaired) electrons. The van der Waals surface area contributed by atoms with Gasteiger partial charge in [-0.3, -0.25) is 24.2 Å². The zero-order chi connectivity index (χ0) is 33.2. The van der Waals surface area contributed by atoms with Crippen molar-refractivity contribution in [2.75, 3.05) is 13.1 Å². The Morgan fingerprint density at radius 2 is 1.19 bits per heavy atom. The van der Waals surface area contributed by atoms with E-state index in [1.165, 1.54) is 5.56 Å². The van der Waals surface area contributed by atoms with Crippen LogP contribution in [-0.4, -0.2) is 80.5 Å². The molecule has 0 unspecified atom stereocenters. The molecule has 0 aliphatic carbocycles. The Hall–Kier alpha value is -4.73. The predicted octanol–water partition coefficient (Wildman–Crippen LogP) is 0.312. The van der Waals surface area contributed by atoms with Gasteiger partial charge in [0.2, 0.25) is 0 Å². The largest absolute Gasteiger partial charge is 0.508 e. The third kappa shape index (κ3) is 27.2. The SMILES string of the molecule is NC(N)=NCCC[C@@H](N)C(=O)O.NCCc1ccccc1.N[C@H](CCC(=O)O)C(=O)O.O=C(O)CCc1ccc(O)cc1. The van der Waals surface area contributed by atoms with E-state index in [-0.39, 0.29) is 31.0 Å². The van der Waals surface area contributed by atoms with E-state index in [9.17, 15) is 19.2 Å². The van der Waals surface area contributed by atoms with Crippen molar-refractivity contribution in [1.29, 1.82) is 0 Å². The van der Waals surface area contributed by atoms with Gasteiger partial charge in [-0.05, 0) is 61.9 Å². The van der Waals surface area contributed by atoms with Gasteiger partial charge < -0.3 is 54.2 Å². The molecule has 2 aromatic rings. The van der Waals surface area contributed by atoms with Gasteiger partial charge in [-0.2, -0.15) is 0 Å². The van der Waals surface area contributed by atoms with Gasteiger partial charge in [0, 0.05) is 19.4 Å². The molecule has 2 aromatic carbocycles. The summed E-state index contributed by atoms with van der Waals surface area (Å²) in [5.74, 6) is -3.78. The normalized spacial score (nSPS) is 11.0. The number of carboxylic acid groups (broad SMARTS) is 4. The number of phenolic OH excluding ortho intramolecular Hbond substituents is 1. The summed E-state index contributed by atoms with van der Waals surface area (Å²) in [4.78, 5) is 44.0. The van der Waals surface area contributed by atoms with E-state index in [0.717, 1.165) is 18.5 Å². The van der Waals surface area contributed by atoms with Crippen molar-refractivity contribution in [2.45, 2.75) is 57.0 Å². The van der Waals surface area contributed by atoms with E-state index >= 15 is 0 Å². The van der Waals surface area contributed by atoms with Crippen molar-refractivity contribution in [3.05, 3.63) is 65.7 Å². The molecule has 0 bridgehead atoms. The van der Waals surface area contributed by atoms with Crippen LogP contribution in [0.4, 0.5) is 0 Å². The van der Waals surface area contributed by atoms with E-state index in [4.69, 9.17) is 54.2 Å². The Balaban J connectivity index is 0. The van der Waals surface area contributed by atoms with Gasteiger partial charge in [0.05, 0.1) is 0 Å². The van der Waals surface area contributed by atoms with Crippen molar-refractivity contribution >= 4 is 29.8 Å². The average Bonchev–Trinajstić information content (AvgIpc) is 2.95. The maximum Gasteiger partial charge on any atom is 0.320 e. The van der Waals surface area contributed by atoms with Crippen LogP contribution in [0.5, 0.6) is 5.75 Å². The maximum atomic E-state index is 10.2. The summed E-state index contributed by atoms with van der Waals surface area (Å²) < 4.78 is 0. The number of carboxylic acids is 4. The van der Waals surface area contributed by atoms with Gasteiger partial charge in [-0.1, -0.05) is 42.5 Å². The van der Waals surface area contributed by atoms with Gasteiger partial charge in [-0.15, -0.1) is 0 Å². The van der Waals surface area contributed by atoms with Gasteiger partial charge in [0.1, 0.15) is 17.8 Å². The highest BCUT2D eigenvalue weighted by Crippen LogP contribution is 2.10. The molecule has 43 heavy (non-hydrogen) atoms. The second-order valence-electron chi connectivity index (χ2n) is 8.86. The number of nitrogens with zero attached hydrogens (tertiary/aromatic N) is 1. The number of aryl methyl sites for hydroxylation is 1. The molecule has 15 N–H and O–H groups in total. The van der Waals surface area contributed by atoms with Gasteiger partial charge >= 0.3 is 23.9 Å². The highest BCUT2D eigenvalue weighted by Gasteiger charge is 2.12. The third-order valence-electron chi connectivity index (χ3n) is 5.11. The van der Waals surface area contributed by atoms with Crippen LogP contribution in [0.2, 0.25) is 0 Å². The summed E-state index contributed by atoms with van der Waals surface area (Å²) in [6, 6.07) is 14.9. The molecular formula is C28H44N6O9. The molecule has 0 heterocycles. The molecule has 240 valence electrons. The van der Waals surface area contributed by atoms with E-state index in [1.54, 1.807) is 24.3 Å². The van der Waals surface area contributed by atoms with E-state index in [0.29, 0.717) is 25.8 Å². The second-order valence-corrected chi connectivity index (χ2v) is 8.86. The number of aliphatic imine (C=N–C) groups is 1. The predicted molar refractivity (Wildman–Crippen MR) is 161 cm³/mol. The zero-order valence-corrected chi connectivity index (χ0v) is 23.9. The molecule has 0 fully saturated rings. The number of nitrogens with two attached hydrogens (primary N) is 5. The first-order valence-corrected chi connectivity index (χ1v) is 13.2. The van der Waals surface area contributed by atoms with Crippen molar-refractivity contribution in [3.8, 4) is 5.75 Å². The number of hydrogen-bond donors (Lipinski definition) is 10. The monoisotopic (exact) mass is 608 g/mol. The van der Waals surface area contributed by atoms with Crippen LogP contribution < -0.4 is 28.7 Å². The number of phenols is 1. The molecule has 0 saturated heterocycles. The first-order chi connectivity index (χ1) is 20.2. The molecule has 0 aliphatic heterocycles. The first kappa shape index (κ1) is 40.4. The van der Waals surface area contributed by atoms with Gasteiger partial charge in [0.15, 0.2) is 5.96 Å². The Labute approximate surface area is 250 Å². The lowest BCUT2D eigenvalue weighted by molar-refractivity contribution is -0.140. The third-order valence-corrected chi connectivity index (χ3v) is 5.11. The fourth-order valence-electron chi connectivity index (χ4n) is 2.77. The van der Waals surface area contributed by atoms with Crippen molar-refractivity contribution in [3.63, 3.8) is 0 Å². The van der Waals surface area contributed by atoms with Crippen LogP contribution in [0.3, 0.4) is 0 Å². The topological polar surface area (TPSA) is 312 Å². The standard InChI is InChI=1S/C9H10O3.C8H11N.C6H14N4O2.C5H9NO4/c10-8-4-1-7(2-5-8)3-6-9(11)12;9-7-6-8-4-2-1-3-5-8;7-4(5(11)12)2-1-3-10-6(8)9;6-3(5(9)10)1-2-4(7)8/h1-2,4-5,10H,3,6H2,(H,11,12);1-5H,6-7,9H2;4H,1-3,7H2,(H,11,12)(H4,8,9,10);3H,1-2,6H2,(H,7,8)(H,9,10)/t;;4-;3-/m..11/s1. The van der Waals surface area contributed by atoms with Crippen molar-refractivity contribution in [1.82, 2.24) is 0 Å². The summed E-state index contributed by atoms with van der Waals surface area (Å²) in [6.45, 7) is 1.16. The van der Waals surface area contributed by atoms with Crippen molar-refractivity contribution < 1.29 is 44.7 Å². The minimum Gasteiger partial charge on any atom is -0.508 e. The maximum absolute atomic E-state index is 10.2. The first-order valence-electron chi connectivity index (χ1n) is 13.2. The van der Waals surface area contributed by atoms with Crippen LogP contribution in [-0.2, 0) is 32.0 Å². The number of aliphatic carboxylic acids is 4. The van der Waals surface area contributed by atoms with Crippen LogP contribution in [0.15, 0.2) is 59.6 Å². The number of aromatic hydroxyl groups is 1. The molecular weight excluding hydrogens is 564 g/mol. The minimum atomic E-state index is -1.17. The Morgan fingerprint density at radius 3 is 1.63 bits per heavy atom. The highest BCUT2D eigenvalue weighted by atomic mass is 16.4. The lowest BCUT2D eigenvalue weighted by atomic mass is 10.1. The van der Waals surface area contributed by atoms with E-state index in [2.05, 4.69) is 17.1 Å². The molecule has 0 aliphatic rings. The zero-order valence-electron chi connectivity index (χ0n) is 23.9. The molecule has 0 spiro atoms. The highest BCUT2D eigenvalue weighted by molar-refractivity contribution is 5.75. The molecule has 15 heteroatoms. The number of hydrogen-bond acceptors (Lipinski definition) is 9. The number of guanidine groups is 1. The fourth-order valence-corrected chi connectivity index (χ4v) is 2.77. The Morgan fingerprint density at radius 1 is 0.698 bits per heavy atom. The van der Waals surface area contributed by atoms with Crippen LogP contribution in [0.25, 0.3) is 0 Å².